The van der Waals surface area contributed by atoms with E-state index >= 15 is 0 Å². The van der Waals surface area contributed by atoms with Crippen molar-refractivity contribution in [3.8, 4) is 0 Å². The quantitative estimate of drug-likeness (QED) is 0.442. The van der Waals surface area contributed by atoms with E-state index in [4.69, 9.17) is 0 Å². The van der Waals surface area contributed by atoms with Gasteiger partial charge in [0.15, 0.2) is 0 Å². The van der Waals surface area contributed by atoms with E-state index in [0.29, 0.717) is 15.6 Å². The van der Waals surface area contributed by atoms with E-state index in [0.717, 1.165) is 0 Å². The molecule has 1 aromatic carbocycles. The van der Waals surface area contributed by atoms with E-state index in [1.807, 2.05) is 0 Å². The van der Waals surface area contributed by atoms with E-state index in [2.05, 4.69) is 21.2 Å². The van der Waals surface area contributed by atoms with Crippen LogP contribution in [-0.4, -0.2) is 11.8 Å². The number of carbonyl (C=O) groups is 2. The van der Waals surface area contributed by atoms with Crippen LogP contribution in [-0.2, 0) is 0 Å². The number of hydrogen-bond acceptors (Lipinski definition) is 2. The van der Waals surface area contributed by atoms with Crippen LogP contribution in [0.15, 0.2) is 22.7 Å². The van der Waals surface area contributed by atoms with Crippen LogP contribution < -0.4 is 29.6 Å². The van der Waals surface area contributed by atoms with Gasteiger partial charge in [-0.15, -0.1) is 0 Å². The summed E-state index contributed by atoms with van der Waals surface area (Å²) in [6.45, 7) is 0. The molecule has 13 heavy (non-hydrogen) atoms. The largest absolute Gasteiger partial charge is 1.00 e. The van der Waals surface area contributed by atoms with Gasteiger partial charge in [-0.3, -0.25) is 0 Å². The Hall–Kier alpha value is -0.160. The van der Waals surface area contributed by atoms with Crippen molar-refractivity contribution in [1.82, 2.24) is 0 Å². The zero-order chi connectivity index (χ0) is 8.72. The van der Waals surface area contributed by atoms with Crippen LogP contribution in [0.5, 0.6) is 0 Å². The maximum absolute atomic E-state index is 11.1. The maximum atomic E-state index is 11.1. The molecule has 0 radical (unpaired) electrons. The Bertz CT molecular complexity index is 392. The molecule has 60 valence electrons. The number of carbonyl (C=O) groups excluding carboxylic acids is 2. The molecule has 1 heterocycles. The molecule has 3 nitrogen and oxygen atoms in total. The Balaban J connectivity index is 0.000000845. The molecule has 0 N–H and O–H groups in total. The van der Waals surface area contributed by atoms with Gasteiger partial charge in [-0.2, -0.15) is 0 Å². The van der Waals surface area contributed by atoms with Gasteiger partial charge in [0, 0.05) is 15.6 Å². The van der Waals surface area contributed by atoms with E-state index in [1.165, 1.54) is 0 Å². The van der Waals surface area contributed by atoms with Crippen LogP contribution in [0.3, 0.4) is 0 Å². The minimum atomic E-state index is -0.456. The number of benzene rings is 1. The van der Waals surface area contributed by atoms with Crippen molar-refractivity contribution >= 4 is 27.7 Å². The number of amides is 2. The summed E-state index contributed by atoms with van der Waals surface area (Å²) in [4.78, 5) is 22.1. The van der Waals surface area contributed by atoms with Gasteiger partial charge in [0.25, 0.3) is 0 Å². The predicted octanol–water partition coefficient (Wildman–Crippen LogP) is -0.879. The third-order valence-corrected chi connectivity index (χ3v) is 2.32. The van der Waals surface area contributed by atoms with Crippen LogP contribution in [0.2, 0.25) is 0 Å². The summed E-state index contributed by atoms with van der Waals surface area (Å²) in [5.74, 6) is -0.904. The molecule has 0 saturated carbocycles. The van der Waals surface area contributed by atoms with Crippen molar-refractivity contribution in [1.29, 1.82) is 0 Å². The summed E-state index contributed by atoms with van der Waals surface area (Å²) in [6, 6.07) is 5.01. The standard InChI is InChI=1S/C8H4BrNO2.Na/c9-5-3-1-2-4-6(5)8(12)10-7(4)11;/h1-3H,(H,10,11,12);/q;+1/p-1. The molecule has 0 saturated heterocycles. The summed E-state index contributed by atoms with van der Waals surface area (Å²) < 4.78 is 0.625. The molecule has 0 unspecified atom stereocenters. The van der Waals surface area contributed by atoms with Crippen LogP contribution in [0.4, 0.5) is 0 Å². The van der Waals surface area contributed by atoms with Crippen molar-refractivity contribution in [2.75, 3.05) is 0 Å². The van der Waals surface area contributed by atoms with Gasteiger partial charge >= 0.3 is 29.6 Å². The zero-order valence-corrected chi connectivity index (χ0v) is 10.5. The Kier molecular flexibility index (Phi) is 3.29. The van der Waals surface area contributed by atoms with E-state index in [1.54, 1.807) is 18.2 Å². The molecule has 1 aliphatic rings. The van der Waals surface area contributed by atoms with Crippen molar-refractivity contribution < 1.29 is 39.1 Å². The molecule has 0 bridgehead atoms. The molecule has 1 aliphatic heterocycles. The monoisotopic (exact) mass is 247 g/mol. The Morgan fingerprint density at radius 2 is 1.85 bits per heavy atom. The first kappa shape index (κ1) is 10.9. The van der Waals surface area contributed by atoms with Gasteiger partial charge in [-0.25, -0.2) is 0 Å². The number of rotatable bonds is 0. The van der Waals surface area contributed by atoms with Crippen molar-refractivity contribution in [3.05, 3.63) is 39.1 Å². The number of imide groups is 1. The first-order valence-corrected chi connectivity index (χ1v) is 4.08. The summed E-state index contributed by atoms with van der Waals surface area (Å²) in [5.41, 5.74) is 0.761. The minimum Gasteiger partial charge on any atom is -0.587 e. The van der Waals surface area contributed by atoms with Crippen LogP contribution >= 0.6 is 15.9 Å². The summed E-state index contributed by atoms with van der Waals surface area (Å²) >= 11 is 3.18. The van der Waals surface area contributed by atoms with E-state index < -0.39 is 11.8 Å². The smallest absolute Gasteiger partial charge is 0.587 e. The molecule has 2 amide bonds. The average Bonchev–Trinajstić information content (AvgIpc) is 2.29. The maximum Gasteiger partial charge on any atom is 1.00 e. The number of fused-ring (bicyclic) bond motifs is 1. The first-order chi connectivity index (χ1) is 5.70. The topological polar surface area (TPSA) is 48.2 Å². The van der Waals surface area contributed by atoms with Crippen molar-refractivity contribution in [3.63, 3.8) is 0 Å². The molecule has 0 aliphatic carbocycles. The van der Waals surface area contributed by atoms with Crippen LogP contribution in [0.1, 0.15) is 20.7 Å². The van der Waals surface area contributed by atoms with Gasteiger partial charge in [0.1, 0.15) is 0 Å². The molecule has 2 rings (SSSR count). The van der Waals surface area contributed by atoms with Crippen molar-refractivity contribution in [2.24, 2.45) is 0 Å². The zero-order valence-electron chi connectivity index (χ0n) is 6.87. The summed E-state index contributed by atoms with van der Waals surface area (Å²) in [7, 11) is 0. The fourth-order valence-electron chi connectivity index (χ4n) is 1.13. The minimum absolute atomic E-state index is 0. The second kappa shape index (κ2) is 3.92. The molecule has 0 fully saturated rings. The molecular weight excluding hydrogens is 245 g/mol. The summed E-state index contributed by atoms with van der Waals surface area (Å²) in [6.07, 6.45) is 0. The molecule has 5 heteroatoms. The fourth-order valence-corrected chi connectivity index (χ4v) is 1.66. The molecule has 0 spiro atoms. The predicted molar refractivity (Wildman–Crippen MR) is 46.2 cm³/mol. The Morgan fingerprint density at radius 3 is 2.46 bits per heavy atom. The molecule has 0 atom stereocenters. The Morgan fingerprint density at radius 1 is 1.15 bits per heavy atom. The number of halogens is 1. The third-order valence-electron chi connectivity index (χ3n) is 1.66. The number of hydrogen-bond donors (Lipinski definition) is 0. The summed E-state index contributed by atoms with van der Waals surface area (Å²) in [5, 5.41) is 3.31. The Labute approximate surface area is 105 Å². The number of nitrogens with zero attached hydrogens (tertiary/aromatic N) is 1. The average molecular weight is 248 g/mol. The van der Waals surface area contributed by atoms with E-state index in [9.17, 15) is 9.59 Å². The first-order valence-electron chi connectivity index (χ1n) is 3.29. The van der Waals surface area contributed by atoms with Gasteiger partial charge in [-0.1, -0.05) is 28.1 Å². The third kappa shape index (κ3) is 1.72. The normalized spacial score (nSPS) is 13.3. The molecule has 0 aromatic heterocycles. The SMILES string of the molecule is O=C1[N-]C(=O)c2c(Br)cccc21.[Na+]. The molecular formula is C8H3BrNNaO2. The van der Waals surface area contributed by atoms with Gasteiger partial charge in [0.2, 0.25) is 0 Å². The van der Waals surface area contributed by atoms with Gasteiger partial charge < -0.3 is 14.9 Å². The van der Waals surface area contributed by atoms with Crippen LogP contribution in [0, 0.1) is 0 Å². The van der Waals surface area contributed by atoms with Crippen LogP contribution in [0.25, 0.3) is 5.32 Å². The van der Waals surface area contributed by atoms with E-state index in [-0.39, 0.29) is 29.6 Å². The van der Waals surface area contributed by atoms with Gasteiger partial charge in [-0.05, 0) is 6.07 Å². The fraction of sp³-hybridized carbons (Fsp3) is 0. The molecule has 1 aromatic rings. The second-order valence-corrected chi connectivity index (χ2v) is 3.24. The van der Waals surface area contributed by atoms with Gasteiger partial charge in [0.05, 0.1) is 11.8 Å². The second-order valence-electron chi connectivity index (χ2n) is 2.38. The van der Waals surface area contributed by atoms with Crippen molar-refractivity contribution in [2.45, 2.75) is 0 Å².